The lowest BCUT2D eigenvalue weighted by atomic mass is 9.89. The third kappa shape index (κ3) is 2.06. The highest BCUT2D eigenvalue weighted by atomic mass is 35.5. The number of hydrogen-bond acceptors (Lipinski definition) is 3. The van der Waals surface area contributed by atoms with Gasteiger partial charge < -0.3 is 10.1 Å². The van der Waals surface area contributed by atoms with E-state index >= 15 is 0 Å². The van der Waals surface area contributed by atoms with Crippen LogP contribution < -0.4 is 10.1 Å². The molecule has 0 amide bonds. The second-order valence-corrected chi connectivity index (χ2v) is 3.96. The molecule has 0 spiro atoms. The lowest BCUT2D eigenvalue weighted by Gasteiger charge is -2.23. The Kier molecular flexibility index (Phi) is 3.94. The zero-order valence-electron chi connectivity index (χ0n) is 9.45. The van der Waals surface area contributed by atoms with Gasteiger partial charge in [0.15, 0.2) is 5.78 Å². The molecule has 3 nitrogen and oxygen atoms in total. The smallest absolute Gasteiger partial charge is 0.158 e. The van der Waals surface area contributed by atoms with Crippen molar-refractivity contribution in [1.29, 1.82) is 0 Å². The number of halogens is 1. The Morgan fingerprint density at radius 3 is 2.75 bits per heavy atom. The number of methoxy groups -OCH3 is 1. The molecule has 1 atom stereocenters. The van der Waals surface area contributed by atoms with E-state index in [0.717, 1.165) is 17.9 Å². The van der Waals surface area contributed by atoms with Crippen LogP contribution in [0, 0.1) is 0 Å². The molecule has 0 saturated carbocycles. The van der Waals surface area contributed by atoms with E-state index in [1.807, 2.05) is 31.2 Å². The van der Waals surface area contributed by atoms with Gasteiger partial charge in [-0.25, -0.2) is 0 Å². The molecule has 1 fully saturated rings. The van der Waals surface area contributed by atoms with Crippen molar-refractivity contribution in [1.82, 2.24) is 5.32 Å². The number of nitrogens with one attached hydrogen (secondary N) is 1. The molecule has 1 aromatic carbocycles. The van der Waals surface area contributed by atoms with Crippen LogP contribution in [-0.4, -0.2) is 19.4 Å². The molecule has 0 radical (unpaired) electrons. The molecule has 1 aromatic rings. The lowest BCUT2D eigenvalue weighted by molar-refractivity contribution is -0.122. The summed E-state index contributed by atoms with van der Waals surface area (Å²) in [5.41, 5.74) is 0.443. The van der Waals surface area contributed by atoms with E-state index in [-0.39, 0.29) is 18.2 Å². The van der Waals surface area contributed by atoms with Crippen molar-refractivity contribution in [3.8, 4) is 5.75 Å². The second kappa shape index (κ2) is 4.85. The molecule has 1 aliphatic rings. The average molecular weight is 242 g/mol. The van der Waals surface area contributed by atoms with Crippen LogP contribution in [0.15, 0.2) is 24.3 Å². The van der Waals surface area contributed by atoms with Crippen molar-refractivity contribution in [3.05, 3.63) is 29.8 Å². The molecule has 0 bridgehead atoms. The van der Waals surface area contributed by atoms with E-state index < -0.39 is 5.54 Å². The van der Waals surface area contributed by atoms with Gasteiger partial charge in [0, 0.05) is 13.0 Å². The first-order valence-corrected chi connectivity index (χ1v) is 5.09. The van der Waals surface area contributed by atoms with Crippen molar-refractivity contribution in [2.75, 3.05) is 13.7 Å². The van der Waals surface area contributed by atoms with Crippen LogP contribution >= 0.6 is 12.4 Å². The Morgan fingerprint density at radius 1 is 1.44 bits per heavy atom. The van der Waals surface area contributed by atoms with Crippen LogP contribution in [0.5, 0.6) is 5.75 Å². The second-order valence-electron chi connectivity index (χ2n) is 3.96. The number of ketones is 1. The minimum absolute atomic E-state index is 0. The SMILES string of the molecule is COc1cccc(C2(C)NCCC2=O)c1.Cl. The topological polar surface area (TPSA) is 38.3 Å². The first-order valence-electron chi connectivity index (χ1n) is 5.09. The summed E-state index contributed by atoms with van der Waals surface area (Å²) in [6, 6.07) is 7.66. The number of carbonyl (C=O) groups excluding carboxylic acids is 1. The number of Topliss-reactive ketones (excluding diaryl/α,β-unsaturated/α-hetero) is 1. The molecule has 1 unspecified atom stereocenters. The highest BCUT2D eigenvalue weighted by molar-refractivity contribution is 5.91. The zero-order valence-corrected chi connectivity index (χ0v) is 10.3. The van der Waals surface area contributed by atoms with E-state index in [9.17, 15) is 4.79 Å². The molecule has 88 valence electrons. The molecule has 1 saturated heterocycles. The van der Waals surface area contributed by atoms with Gasteiger partial charge in [0.2, 0.25) is 0 Å². The van der Waals surface area contributed by atoms with Crippen molar-refractivity contribution in [2.24, 2.45) is 0 Å². The largest absolute Gasteiger partial charge is 0.497 e. The van der Waals surface area contributed by atoms with Crippen molar-refractivity contribution < 1.29 is 9.53 Å². The van der Waals surface area contributed by atoms with E-state index in [0.29, 0.717) is 6.42 Å². The summed E-state index contributed by atoms with van der Waals surface area (Å²) >= 11 is 0. The molecule has 0 aromatic heterocycles. The molecule has 0 aliphatic carbocycles. The standard InChI is InChI=1S/C12H15NO2.ClH/c1-12(11(14)6-7-13-12)9-4-3-5-10(8-9)15-2;/h3-5,8,13H,6-7H2,1-2H3;1H. The summed E-state index contributed by atoms with van der Waals surface area (Å²) in [6.07, 6.45) is 0.605. The lowest BCUT2D eigenvalue weighted by Crippen LogP contribution is -2.38. The molecule has 1 heterocycles. The normalized spacial score (nSPS) is 24.0. The van der Waals surface area contributed by atoms with Crippen LogP contribution in [0.2, 0.25) is 0 Å². The molecular formula is C12H16ClNO2. The van der Waals surface area contributed by atoms with Gasteiger partial charge in [-0.1, -0.05) is 12.1 Å². The third-order valence-electron chi connectivity index (χ3n) is 3.04. The fraction of sp³-hybridized carbons (Fsp3) is 0.417. The van der Waals surface area contributed by atoms with Crippen molar-refractivity contribution >= 4 is 18.2 Å². The molecule has 4 heteroatoms. The van der Waals surface area contributed by atoms with E-state index in [1.165, 1.54) is 0 Å². The number of benzene rings is 1. The fourth-order valence-electron chi connectivity index (χ4n) is 1.97. The Balaban J connectivity index is 0.00000128. The fourth-order valence-corrected chi connectivity index (χ4v) is 1.97. The minimum Gasteiger partial charge on any atom is -0.497 e. The van der Waals surface area contributed by atoms with Crippen molar-refractivity contribution in [2.45, 2.75) is 18.9 Å². The van der Waals surface area contributed by atoms with Gasteiger partial charge >= 0.3 is 0 Å². The van der Waals surface area contributed by atoms with Crippen LogP contribution in [0.1, 0.15) is 18.9 Å². The Morgan fingerprint density at radius 2 is 2.19 bits per heavy atom. The molecule has 1 N–H and O–H groups in total. The number of ether oxygens (including phenoxy) is 1. The monoisotopic (exact) mass is 241 g/mol. The quantitative estimate of drug-likeness (QED) is 0.860. The maximum atomic E-state index is 11.8. The van der Waals surface area contributed by atoms with Gasteiger partial charge in [-0.2, -0.15) is 0 Å². The van der Waals surface area contributed by atoms with E-state index in [2.05, 4.69) is 5.32 Å². The highest BCUT2D eigenvalue weighted by Crippen LogP contribution is 2.29. The molecule has 16 heavy (non-hydrogen) atoms. The van der Waals surface area contributed by atoms with Gasteiger partial charge in [0.1, 0.15) is 11.3 Å². The Hall–Kier alpha value is -1.06. The maximum absolute atomic E-state index is 11.8. The average Bonchev–Trinajstić information content (AvgIpc) is 2.61. The molecule has 1 aliphatic heterocycles. The molecular weight excluding hydrogens is 226 g/mol. The van der Waals surface area contributed by atoms with Crippen LogP contribution in [0.25, 0.3) is 0 Å². The Bertz CT molecular complexity index is 394. The molecule has 2 rings (SSSR count). The summed E-state index contributed by atoms with van der Waals surface area (Å²) in [4.78, 5) is 11.8. The summed E-state index contributed by atoms with van der Waals surface area (Å²) in [6.45, 7) is 2.68. The zero-order chi connectivity index (χ0) is 10.9. The van der Waals surface area contributed by atoms with Crippen LogP contribution in [0.4, 0.5) is 0 Å². The van der Waals surface area contributed by atoms with E-state index in [4.69, 9.17) is 4.74 Å². The van der Waals surface area contributed by atoms with Crippen molar-refractivity contribution in [3.63, 3.8) is 0 Å². The number of rotatable bonds is 2. The summed E-state index contributed by atoms with van der Waals surface area (Å²) in [7, 11) is 1.63. The van der Waals surface area contributed by atoms with E-state index in [1.54, 1.807) is 7.11 Å². The van der Waals surface area contributed by atoms with Gasteiger partial charge in [0.25, 0.3) is 0 Å². The first kappa shape index (κ1) is 13.0. The van der Waals surface area contributed by atoms with Crippen LogP contribution in [0.3, 0.4) is 0 Å². The number of carbonyl (C=O) groups is 1. The highest BCUT2D eigenvalue weighted by Gasteiger charge is 2.38. The predicted molar refractivity (Wildman–Crippen MR) is 65.2 cm³/mol. The minimum atomic E-state index is -0.533. The third-order valence-corrected chi connectivity index (χ3v) is 3.04. The maximum Gasteiger partial charge on any atom is 0.158 e. The van der Waals surface area contributed by atoms with Gasteiger partial charge in [-0.15, -0.1) is 12.4 Å². The first-order chi connectivity index (χ1) is 7.16. The summed E-state index contributed by atoms with van der Waals surface area (Å²) < 4.78 is 5.16. The predicted octanol–water partition coefficient (Wildman–Crippen LogP) is 1.89. The van der Waals surface area contributed by atoms with Gasteiger partial charge in [-0.3, -0.25) is 4.79 Å². The summed E-state index contributed by atoms with van der Waals surface area (Å²) in [5, 5.41) is 3.25. The Labute approximate surface area is 102 Å². The summed E-state index contributed by atoms with van der Waals surface area (Å²) in [5.74, 6) is 1.03. The van der Waals surface area contributed by atoms with Gasteiger partial charge in [-0.05, 0) is 24.6 Å². The van der Waals surface area contributed by atoms with Gasteiger partial charge in [0.05, 0.1) is 7.11 Å². The van der Waals surface area contributed by atoms with Crippen LogP contribution in [-0.2, 0) is 10.3 Å². The number of hydrogen-bond donors (Lipinski definition) is 1.